The van der Waals surface area contributed by atoms with Crippen LogP contribution in [0.15, 0.2) is 12.1 Å². The van der Waals surface area contributed by atoms with E-state index in [0.717, 1.165) is 34.9 Å². The molecule has 0 atom stereocenters. The molecule has 0 radical (unpaired) electrons. The van der Waals surface area contributed by atoms with Gasteiger partial charge in [0, 0.05) is 6.54 Å². The van der Waals surface area contributed by atoms with Crippen LogP contribution < -0.4 is 10.1 Å². The second-order valence-electron chi connectivity index (χ2n) is 3.74. The van der Waals surface area contributed by atoms with Crippen LogP contribution in [0.25, 0.3) is 10.2 Å². The third-order valence-corrected chi connectivity index (χ3v) is 3.38. The lowest BCUT2D eigenvalue weighted by molar-refractivity contribution is 0.415. The van der Waals surface area contributed by atoms with Gasteiger partial charge in [-0.3, -0.25) is 0 Å². The molecule has 0 spiro atoms. The molecule has 0 bridgehead atoms. The van der Waals surface area contributed by atoms with E-state index in [0.29, 0.717) is 0 Å². The summed E-state index contributed by atoms with van der Waals surface area (Å²) in [6.07, 6.45) is 1.11. The Morgan fingerprint density at radius 3 is 2.94 bits per heavy atom. The molecule has 1 heterocycles. The summed E-state index contributed by atoms with van der Waals surface area (Å²) in [5, 5.41) is 4.31. The number of nitrogens with one attached hydrogen (secondary N) is 1. The van der Waals surface area contributed by atoms with E-state index in [4.69, 9.17) is 4.74 Å². The number of anilines is 1. The van der Waals surface area contributed by atoms with Gasteiger partial charge in [-0.05, 0) is 31.0 Å². The number of aryl methyl sites for hydroxylation is 1. The Labute approximate surface area is 99.5 Å². The van der Waals surface area contributed by atoms with Crippen LogP contribution in [0, 0.1) is 6.92 Å². The number of benzene rings is 1. The second kappa shape index (κ2) is 4.70. The number of hydrogen-bond donors (Lipinski definition) is 1. The van der Waals surface area contributed by atoms with Crippen LogP contribution in [0.4, 0.5) is 5.13 Å². The van der Waals surface area contributed by atoms with Gasteiger partial charge >= 0.3 is 0 Å². The summed E-state index contributed by atoms with van der Waals surface area (Å²) in [6.45, 7) is 5.18. The van der Waals surface area contributed by atoms with Gasteiger partial charge in [-0.25, -0.2) is 4.98 Å². The first kappa shape index (κ1) is 11.2. The molecule has 0 aliphatic rings. The van der Waals surface area contributed by atoms with Gasteiger partial charge in [0.25, 0.3) is 0 Å². The van der Waals surface area contributed by atoms with Gasteiger partial charge in [0.1, 0.15) is 5.75 Å². The molecule has 0 fully saturated rings. The van der Waals surface area contributed by atoms with E-state index in [9.17, 15) is 0 Å². The van der Waals surface area contributed by atoms with E-state index in [-0.39, 0.29) is 0 Å². The van der Waals surface area contributed by atoms with Crippen molar-refractivity contribution in [2.75, 3.05) is 19.0 Å². The molecule has 0 amide bonds. The third kappa shape index (κ3) is 2.11. The summed E-state index contributed by atoms with van der Waals surface area (Å²) in [6, 6.07) is 4.06. The van der Waals surface area contributed by atoms with Crippen molar-refractivity contribution in [3.8, 4) is 5.75 Å². The average Bonchev–Trinajstić information content (AvgIpc) is 2.69. The SMILES string of the molecule is CCCNc1nc2c(C)cc(OC)cc2s1. The zero-order valence-electron chi connectivity index (χ0n) is 9.83. The zero-order valence-corrected chi connectivity index (χ0v) is 10.6. The fourth-order valence-electron chi connectivity index (χ4n) is 1.59. The Balaban J connectivity index is 2.40. The van der Waals surface area contributed by atoms with Crippen LogP contribution in [-0.2, 0) is 0 Å². The summed E-state index contributed by atoms with van der Waals surface area (Å²) in [4.78, 5) is 4.58. The minimum atomic E-state index is 0.899. The lowest BCUT2D eigenvalue weighted by Gasteiger charge is -2.00. The fourth-order valence-corrected chi connectivity index (χ4v) is 2.59. The molecule has 0 saturated heterocycles. The Bertz CT molecular complexity index is 493. The Morgan fingerprint density at radius 2 is 2.25 bits per heavy atom. The van der Waals surface area contributed by atoms with Crippen molar-refractivity contribution >= 4 is 26.7 Å². The summed E-state index contributed by atoms with van der Waals surface area (Å²) in [5.41, 5.74) is 2.24. The van der Waals surface area contributed by atoms with Gasteiger partial charge < -0.3 is 10.1 Å². The predicted octanol–water partition coefficient (Wildman–Crippen LogP) is 3.44. The Morgan fingerprint density at radius 1 is 1.44 bits per heavy atom. The lowest BCUT2D eigenvalue weighted by Crippen LogP contribution is -1.98. The zero-order chi connectivity index (χ0) is 11.5. The van der Waals surface area contributed by atoms with Gasteiger partial charge in [-0.1, -0.05) is 18.3 Å². The van der Waals surface area contributed by atoms with E-state index in [1.165, 1.54) is 4.70 Å². The summed E-state index contributed by atoms with van der Waals surface area (Å²) in [7, 11) is 1.69. The number of thiazole rings is 1. The Kier molecular flexibility index (Phi) is 3.29. The highest BCUT2D eigenvalue weighted by molar-refractivity contribution is 7.22. The first-order chi connectivity index (χ1) is 7.74. The van der Waals surface area contributed by atoms with Gasteiger partial charge in [0.05, 0.1) is 17.3 Å². The minimum absolute atomic E-state index is 0.899. The maximum Gasteiger partial charge on any atom is 0.183 e. The molecule has 2 aromatic rings. The molecule has 1 aromatic carbocycles. The molecule has 0 saturated carbocycles. The molecule has 0 aliphatic carbocycles. The number of methoxy groups -OCH3 is 1. The van der Waals surface area contributed by atoms with Crippen molar-refractivity contribution in [1.29, 1.82) is 0 Å². The Hall–Kier alpha value is -1.29. The number of ether oxygens (including phenoxy) is 1. The van der Waals surface area contributed by atoms with Crippen LogP contribution in [-0.4, -0.2) is 18.6 Å². The van der Waals surface area contributed by atoms with Crippen molar-refractivity contribution in [2.24, 2.45) is 0 Å². The summed E-state index contributed by atoms with van der Waals surface area (Å²) >= 11 is 1.68. The van der Waals surface area contributed by atoms with Gasteiger partial charge in [-0.2, -0.15) is 0 Å². The standard InChI is InChI=1S/C12H16N2OS/c1-4-5-13-12-14-11-8(2)6-9(15-3)7-10(11)16-12/h6-7H,4-5H2,1-3H3,(H,13,14). The maximum atomic E-state index is 5.25. The second-order valence-corrected chi connectivity index (χ2v) is 4.77. The molecular weight excluding hydrogens is 220 g/mol. The van der Waals surface area contributed by atoms with Gasteiger partial charge in [0.2, 0.25) is 0 Å². The van der Waals surface area contributed by atoms with Gasteiger partial charge in [0.15, 0.2) is 5.13 Å². The van der Waals surface area contributed by atoms with Crippen molar-refractivity contribution in [3.63, 3.8) is 0 Å². The van der Waals surface area contributed by atoms with Crippen LogP contribution in [0.1, 0.15) is 18.9 Å². The number of fused-ring (bicyclic) bond motifs is 1. The lowest BCUT2D eigenvalue weighted by atomic mass is 10.2. The van der Waals surface area contributed by atoms with Crippen molar-refractivity contribution in [1.82, 2.24) is 4.98 Å². The number of hydrogen-bond acceptors (Lipinski definition) is 4. The van der Waals surface area contributed by atoms with Crippen LogP contribution >= 0.6 is 11.3 Å². The van der Waals surface area contributed by atoms with E-state index < -0.39 is 0 Å². The van der Waals surface area contributed by atoms with E-state index >= 15 is 0 Å². The first-order valence-electron chi connectivity index (χ1n) is 5.43. The molecule has 2 rings (SSSR count). The van der Waals surface area contributed by atoms with E-state index in [2.05, 4.69) is 24.1 Å². The average molecular weight is 236 g/mol. The van der Waals surface area contributed by atoms with Crippen molar-refractivity contribution < 1.29 is 4.74 Å². The minimum Gasteiger partial charge on any atom is -0.497 e. The quantitative estimate of drug-likeness (QED) is 0.883. The molecule has 0 unspecified atom stereocenters. The van der Waals surface area contributed by atoms with Crippen LogP contribution in [0.2, 0.25) is 0 Å². The van der Waals surface area contributed by atoms with Crippen molar-refractivity contribution in [3.05, 3.63) is 17.7 Å². The molecule has 1 N–H and O–H groups in total. The molecular formula is C12H16N2OS. The number of aromatic nitrogens is 1. The molecule has 0 aliphatic heterocycles. The number of rotatable bonds is 4. The molecule has 4 heteroatoms. The number of nitrogens with zero attached hydrogens (tertiary/aromatic N) is 1. The topological polar surface area (TPSA) is 34.2 Å². The normalized spacial score (nSPS) is 10.7. The summed E-state index contributed by atoms with van der Waals surface area (Å²) < 4.78 is 6.43. The third-order valence-electron chi connectivity index (χ3n) is 2.42. The first-order valence-corrected chi connectivity index (χ1v) is 6.25. The van der Waals surface area contributed by atoms with Gasteiger partial charge in [-0.15, -0.1) is 0 Å². The molecule has 16 heavy (non-hydrogen) atoms. The molecule has 86 valence electrons. The molecule has 1 aromatic heterocycles. The highest BCUT2D eigenvalue weighted by atomic mass is 32.1. The monoisotopic (exact) mass is 236 g/mol. The fraction of sp³-hybridized carbons (Fsp3) is 0.417. The smallest absolute Gasteiger partial charge is 0.183 e. The molecule has 3 nitrogen and oxygen atoms in total. The van der Waals surface area contributed by atoms with E-state index in [1.807, 2.05) is 12.1 Å². The van der Waals surface area contributed by atoms with E-state index in [1.54, 1.807) is 18.4 Å². The summed E-state index contributed by atoms with van der Waals surface area (Å²) in [5.74, 6) is 0.899. The largest absolute Gasteiger partial charge is 0.497 e. The van der Waals surface area contributed by atoms with Crippen LogP contribution in [0.3, 0.4) is 0 Å². The maximum absolute atomic E-state index is 5.25. The highest BCUT2D eigenvalue weighted by Gasteiger charge is 2.07. The van der Waals surface area contributed by atoms with Crippen LogP contribution in [0.5, 0.6) is 5.75 Å². The highest BCUT2D eigenvalue weighted by Crippen LogP contribution is 2.31. The predicted molar refractivity (Wildman–Crippen MR) is 69.7 cm³/mol. The van der Waals surface area contributed by atoms with Crippen molar-refractivity contribution in [2.45, 2.75) is 20.3 Å².